The van der Waals surface area contributed by atoms with Gasteiger partial charge in [-0.05, 0) is 37.1 Å². The first-order valence-electron chi connectivity index (χ1n) is 7.03. The van der Waals surface area contributed by atoms with E-state index in [2.05, 4.69) is 5.32 Å². The van der Waals surface area contributed by atoms with E-state index in [1.807, 2.05) is 43.3 Å². The summed E-state index contributed by atoms with van der Waals surface area (Å²) in [5.74, 6) is -1.29. The Morgan fingerprint density at radius 1 is 1.29 bits per heavy atom. The molecule has 0 spiro atoms. The summed E-state index contributed by atoms with van der Waals surface area (Å²) in [6.45, 7) is 0.877. The van der Waals surface area contributed by atoms with Gasteiger partial charge in [-0.3, -0.25) is 4.79 Å². The van der Waals surface area contributed by atoms with E-state index >= 15 is 0 Å². The normalized spacial score (nSPS) is 18.2. The van der Waals surface area contributed by atoms with Crippen LogP contribution in [-0.2, 0) is 4.79 Å². The minimum atomic E-state index is -0.831. The molecule has 21 heavy (non-hydrogen) atoms. The second-order valence-electron chi connectivity index (χ2n) is 5.49. The van der Waals surface area contributed by atoms with E-state index in [1.165, 1.54) is 0 Å². The number of aliphatic carboxylic acids is 1. The van der Waals surface area contributed by atoms with Crippen molar-refractivity contribution < 1.29 is 14.7 Å². The van der Waals surface area contributed by atoms with Crippen LogP contribution in [0.25, 0.3) is 0 Å². The smallest absolute Gasteiger partial charge is 0.321 e. The average molecular weight is 291 g/mol. The summed E-state index contributed by atoms with van der Waals surface area (Å²) in [5, 5.41) is 11.9. The van der Waals surface area contributed by atoms with Crippen molar-refractivity contribution in [3.8, 4) is 0 Å². The fraction of sp³-hybridized carbons (Fsp3) is 0.467. The fourth-order valence-corrected chi connectivity index (χ4v) is 2.41. The van der Waals surface area contributed by atoms with Gasteiger partial charge in [0.25, 0.3) is 0 Å². The highest BCUT2D eigenvalue weighted by Crippen LogP contribution is 2.19. The average Bonchev–Trinajstić information content (AvgIpc) is 2.48. The molecule has 0 saturated carbocycles. The van der Waals surface area contributed by atoms with Gasteiger partial charge in [0.15, 0.2) is 0 Å². The number of benzene rings is 1. The predicted octanol–water partition coefficient (Wildman–Crippen LogP) is 2.08. The molecule has 2 amide bonds. The van der Waals surface area contributed by atoms with Crippen LogP contribution in [0.4, 0.5) is 16.2 Å². The lowest BCUT2D eigenvalue weighted by molar-refractivity contribution is -0.143. The van der Waals surface area contributed by atoms with Crippen LogP contribution < -0.4 is 10.2 Å². The molecule has 0 bridgehead atoms. The summed E-state index contributed by atoms with van der Waals surface area (Å²) in [6, 6.07) is 7.29. The van der Waals surface area contributed by atoms with E-state index < -0.39 is 11.9 Å². The van der Waals surface area contributed by atoms with Crippen molar-refractivity contribution >= 4 is 23.4 Å². The molecule has 2 rings (SSSR count). The van der Waals surface area contributed by atoms with E-state index in [1.54, 1.807) is 4.90 Å². The van der Waals surface area contributed by atoms with E-state index in [0.717, 1.165) is 12.1 Å². The van der Waals surface area contributed by atoms with Crippen LogP contribution in [-0.4, -0.2) is 49.2 Å². The highest BCUT2D eigenvalue weighted by molar-refractivity contribution is 5.90. The number of carbonyl (C=O) groups excluding carboxylic acids is 1. The zero-order chi connectivity index (χ0) is 15.4. The van der Waals surface area contributed by atoms with Crippen LogP contribution in [0.15, 0.2) is 24.3 Å². The van der Waals surface area contributed by atoms with E-state index in [4.69, 9.17) is 5.11 Å². The Kier molecular flexibility index (Phi) is 4.67. The maximum absolute atomic E-state index is 12.2. The van der Waals surface area contributed by atoms with Crippen molar-refractivity contribution in [3.05, 3.63) is 24.3 Å². The van der Waals surface area contributed by atoms with Gasteiger partial charge in [-0.2, -0.15) is 0 Å². The van der Waals surface area contributed by atoms with Crippen molar-refractivity contribution in [2.75, 3.05) is 37.4 Å². The number of piperidine rings is 1. The summed E-state index contributed by atoms with van der Waals surface area (Å²) in [4.78, 5) is 26.7. The van der Waals surface area contributed by atoms with Crippen LogP contribution in [0.3, 0.4) is 0 Å². The minimum Gasteiger partial charge on any atom is -0.481 e. The highest BCUT2D eigenvalue weighted by atomic mass is 16.4. The molecule has 1 saturated heterocycles. The maximum Gasteiger partial charge on any atom is 0.321 e. The molecular weight excluding hydrogens is 270 g/mol. The van der Waals surface area contributed by atoms with Crippen LogP contribution in [0.1, 0.15) is 12.8 Å². The SMILES string of the molecule is CN(C)c1ccc(NC(=O)N2CCC[C@H](C(=O)O)C2)cc1. The molecule has 1 aromatic carbocycles. The molecule has 1 atom stereocenters. The standard InChI is InChI=1S/C15H21N3O3/c1-17(2)13-7-5-12(6-8-13)16-15(21)18-9-3-4-11(10-18)14(19)20/h5-8,11H,3-4,9-10H2,1-2H3,(H,16,21)(H,19,20)/t11-/m0/s1. The monoisotopic (exact) mass is 291 g/mol. The largest absolute Gasteiger partial charge is 0.481 e. The number of rotatable bonds is 3. The maximum atomic E-state index is 12.2. The lowest BCUT2D eigenvalue weighted by atomic mass is 9.99. The van der Waals surface area contributed by atoms with Crippen molar-refractivity contribution in [2.45, 2.75) is 12.8 Å². The third-order valence-corrected chi connectivity index (χ3v) is 3.69. The van der Waals surface area contributed by atoms with Gasteiger partial charge in [0.1, 0.15) is 0 Å². The topological polar surface area (TPSA) is 72.9 Å². The number of carbonyl (C=O) groups is 2. The van der Waals surface area contributed by atoms with Crippen molar-refractivity contribution in [1.82, 2.24) is 4.90 Å². The molecule has 0 aliphatic carbocycles. The number of likely N-dealkylation sites (tertiary alicyclic amines) is 1. The first-order chi connectivity index (χ1) is 9.97. The van der Waals surface area contributed by atoms with Gasteiger partial charge in [0.2, 0.25) is 0 Å². The lowest BCUT2D eigenvalue weighted by Crippen LogP contribution is -2.44. The number of anilines is 2. The van der Waals surface area contributed by atoms with Gasteiger partial charge in [0.05, 0.1) is 5.92 Å². The number of hydrogen-bond donors (Lipinski definition) is 2. The summed E-state index contributed by atoms with van der Waals surface area (Å²) in [7, 11) is 3.90. The molecule has 0 unspecified atom stereocenters. The third-order valence-electron chi connectivity index (χ3n) is 3.69. The van der Waals surface area contributed by atoms with Gasteiger partial charge in [-0.15, -0.1) is 0 Å². The number of nitrogens with one attached hydrogen (secondary N) is 1. The first kappa shape index (κ1) is 15.2. The molecule has 0 aromatic heterocycles. The molecule has 1 aliphatic rings. The zero-order valence-corrected chi connectivity index (χ0v) is 12.4. The molecule has 2 N–H and O–H groups in total. The molecular formula is C15H21N3O3. The number of carboxylic acids is 1. The Bertz CT molecular complexity index is 513. The summed E-state index contributed by atoms with van der Waals surface area (Å²) >= 11 is 0. The van der Waals surface area contributed by atoms with Crippen LogP contribution >= 0.6 is 0 Å². The molecule has 1 aromatic rings. The van der Waals surface area contributed by atoms with Crippen LogP contribution in [0.5, 0.6) is 0 Å². The quantitative estimate of drug-likeness (QED) is 0.894. The van der Waals surface area contributed by atoms with Gasteiger partial charge in [0, 0.05) is 38.6 Å². The number of nitrogens with zero attached hydrogens (tertiary/aromatic N) is 2. The number of carboxylic acid groups (broad SMARTS) is 1. The lowest BCUT2D eigenvalue weighted by Gasteiger charge is -2.30. The van der Waals surface area contributed by atoms with E-state index in [0.29, 0.717) is 18.7 Å². The number of amides is 2. The molecule has 6 heteroatoms. The Hall–Kier alpha value is -2.24. The van der Waals surface area contributed by atoms with Crippen molar-refractivity contribution in [2.24, 2.45) is 5.92 Å². The molecule has 0 radical (unpaired) electrons. The molecule has 1 fully saturated rings. The predicted molar refractivity (Wildman–Crippen MR) is 81.7 cm³/mol. The zero-order valence-electron chi connectivity index (χ0n) is 12.4. The first-order valence-corrected chi connectivity index (χ1v) is 7.03. The summed E-state index contributed by atoms with van der Waals surface area (Å²) in [6.07, 6.45) is 1.36. The van der Waals surface area contributed by atoms with Gasteiger partial charge in [-0.1, -0.05) is 0 Å². The second kappa shape index (κ2) is 6.47. The number of urea groups is 1. The number of hydrogen-bond acceptors (Lipinski definition) is 3. The third kappa shape index (κ3) is 3.87. The highest BCUT2D eigenvalue weighted by Gasteiger charge is 2.28. The minimum absolute atomic E-state index is 0.237. The summed E-state index contributed by atoms with van der Waals surface area (Å²) < 4.78 is 0. The van der Waals surface area contributed by atoms with E-state index in [9.17, 15) is 9.59 Å². The molecule has 1 aliphatic heterocycles. The Morgan fingerprint density at radius 2 is 1.95 bits per heavy atom. The van der Waals surface area contributed by atoms with Gasteiger partial charge in [-0.25, -0.2) is 4.79 Å². The molecule has 6 nitrogen and oxygen atoms in total. The van der Waals surface area contributed by atoms with E-state index in [-0.39, 0.29) is 12.6 Å². The molecule has 114 valence electrons. The molecule has 1 heterocycles. The van der Waals surface area contributed by atoms with Crippen LogP contribution in [0.2, 0.25) is 0 Å². The van der Waals surface area contributed by atoms with Crippen LogP contribution in [0, 0.1) is 5.92 Å². The van der Waals surface area contributed by atoms with Gasteiger partial charge >= 0.3 is 12.0 Å². The Balaban J connectivity index is 1.96. The fourth-order valence-electron chi connectivity index (χ4n) is 2.41. The van der Waals surface area contributed by atoms with Gasteiger partial charge < -0.3 is 20.2 Å². The summed E-state index contributed by atoms with van der Waals surface area (Å²) in [5.41, 5.74) is 1.76. The Labute approximate surface area is 124 Å². The second-order valence-corrected chi connectivity index (χ2v) is 5.49. The van der Waals surface area contributed by atoms with Crippen molar-refractivity contribution in [1.29, 1.82) is 0 Å². The Morgan fingerprint density at radius 3 is 2.52 bits per heavy atom. The van der Waals surface area contributed by atoms with Crippen molar-refractivity contribution in [3.63, 3.8) is 0 Å².